The molecule has 0 radical (unpaired) electrons. The number of ether oxygens (including phenoxy) is 1. The summed E-state index contributed by atoms with van der Waals surface area (Å²) in [7, 11) is 1.17. The smallest absolute Gasteiger partial charge is 0.252 e. The zero-order chi connectivity index (χ0) is 10.0. The molecule has 0 amide bonds. The van der Waals surface area contributed by atoms with Gasteiger partial charge in [0.2, 0.25) is 5.82 Å². The average Bonchev–Trinajstić information content (AvgIpc) is 2.09. The fourth-order valence-corrected chi connectivity index (χ4v) is 0.935. The van der Waals surface area contributed by atoms with E-state index in [1.165, 1.54) is 7.11 Å². The van der Waals surface area contributed by atoms with Crippen LogP contribution in [0.5, 0.6) is 5.75 Å². The van der Waals surface area contributed by atoms with Gasteiger partial charge in [-0.3, -0.25) is 4.79 Å². The first-order chi connectivity index (χ1) is 6.06. The highest BCUT2D eigenvalue weighted by molar-refractivity contribution is 6.67. The van der Waals surface area contributed by atoms with Crippen LogP contribution >= 0.6 is 11.6 Å². The van der Waals surface area contributed by atoms with Crippen LogP contribution in [0.4, 0.5) is 8.78 Å². The maximum atomic E-state index is 12.8. The van der Waals surface area contributed by atoms with Gasteiger partial charge in [-0.05, 0) is 23.7 Å². The minimum atomic E-state index is -1.16. The predicted octanol–water partition coefficient (Wildman–Crippen LogP) is 2.35. The SMILES string of the molecule is COc1cc(C(=O)Cl)cc(F)c1F. The Labute approximate surface area is 78.1 Å². The fraction of sp³-hybridized carbons (Fsp3) is 0.125. The van der Waals surface area contributed by atoms with E-state index < -0.39 is 16.9 Å². The van der Waals surface area contributed by atoms with E-state index in [1.54, 1.807) is 0 Å². The average molecular weight is 207 g/mol. The molecule has 1 aromatic carbocycles. The van der Waals surface area contributed by atoms with Gasteiger partial charge in [0, 0.05) is 5.56 Å². The van der Waals surface area contributed by atoms with Gasteiger partial charge in [-0.2, -0.15) is 4.39 Å². The Morgan fingerprint density at radius 2 is 2.08 bits per heavy atom. The third-order valence-corrected chi connectivity index (χ3v) is 1.66. The van der Waals surface area contributed by atoms with E-state index in [-0.39, 0.29) is 11.3 Å². The number of hydrogen-bond donors (Lipinski definition) is 0. The summed E-state index contributed by atoms with van der Waals surface area (Å²) in [6.45, 7) is 0. The van der Waals surface area contributed by atoms with Crippen molar-refractivity contribution in [1.82, 2.24) is 0 Å². The van der Waals surface area contributed by atoms with Crippen LogP contribution in [0.2, 0.25) is 0 Å². The van der Waals surface area contributed by atoms with Crippen LogP contribution in [0.25, 0.3) is 0 Å². The number of methoxy groups -OCH3 is 1. The molecule has 0 heterocycles. The summed E-state index contributed by atoms with van der Waals surface area (Å²) >= 11 is 5.07. The highest BCUT2D eigenvalue weighted by Gasteiger charge is 2.13. The van der Waals surface area contributed by atoms with Gasteiger partial charge in [0.15, 0.2) is 11.6 Å². The minimum absolute atomic E-state index is 0.141. The zero-order valence-corrected chi connectivity index (χ0v) is 7.36. The fourth-order valence-electron chi connectivity index (χ4n) is 0.826. The molecule has 0 saturated carbocycles. The third-order valence-electron chi connectivity index (χ3n) is 1.44. The molecule has 0 aliphatic carbocycles. The first-order valence-corrected chi connectivity index (χ1v) is 3.67. The van der Waals surface area contributed by atoms with Crippen LogP contribution in [-0.2, 0) is 0 Å². The van der Waals surface area contributed by atoms with Crippen LogP contribution in [0.3, 0.4) is 0 Å². The van der Waals surface area contributed by atoms with Crippen molar-refractivity contribution in [3.8, 4) is 5.75 Å². The summed E-state index contributed by atoms with van der Waals surface area (Å²) in [5, 5.41) is -0.864. The van der Waals surface area contributed by atoms with E-state index in [4.69, 9.17) is 11.6 Å². The predicted molar refractivity (Wildman–Crippen MR) is 43.1 cm³/mol. The number of carbonyl (C=O) groups excluding carboxylic acids is 1. The topological polar surface area (TPSA) is 26.3 Å². The normalized spacial score (nSPS) is 9.85. The molecule has 2 nitrogen and oxygen atoms in total. The van der Waals surface area contributed by atoms with Gasteiger partial charge >= 0.3 is 0 Å². The molecule has 1 aromatic rings. The Bertz CT molecular complexity index is 352. The molecular formula is C8H5ClF2O2. The van der Waals surface area contributed by atoms with Crippen molar-refractivity contribution in [1.29, 1.82) is 0 Å². The Morgan fingerprint density at radius 1 is 1.46 bits per heavy atom. The van der Waals surface area contributed by atoms with Gasteiger partial charge in [-0.1, -0.05) is 0 Å². The van der Waals surface area contributed by atoms with E-state index in [0.29, 0.717) is 6.07 Å². The minimum Gasteiger partial charge on any atom is -0.494 e. The number of hydrogen-bond acceptors (Lipinski definition) is 2. The van der Waals surface area contributed by atoms with Crippen LogP contribution < -0.4 is 4.74 Å². The molecule has 0 aliphatic heterocycles. The summed E-state index contributed by atoms with van der Waals surface area (Å²) in [6, 6.07) is 1.75. The second-order valence-corrected chi connectivity index (χ2v) is 2.59. The second kappa shape index (κ2) is 3.70. The lowest BCUT2D eigenvalue weighted by atomic mass is 10.2. The third kappa shape index (κ3) is 1.95. The molecule has 0 atom stereocenters. The summed E-state index contributed by atoms with van der Waals surface area (Å²) in [6.07, 6.45) is 0. The Kier molecular flexibility index (Phi) is 2.83. The highest BCUT2D eigenvalue weighted by atomic mass is 35.5. The first kappa shape index (κ1) is 9.92. The Balaban J connectivity index is 3.30. The monoisotopic (exact) mass is 206 g/mol. The number of benzene rings is 1. The van der Waals surface area contributed by atoms with Crippen molar-refractivity contribution in [2.24, 2.45) is 0 Å². The largest absolute Gasteiger partial charge is 0.494 e. The van der Waals surface area contributed by atoms with Gasteiger partial charge < -0.3 is 4.74 Å². The maximum Gasteiger partial charge on any atom is 0.252 e. The van der Waals surface area contributed by atoms with Crippen molar-refractivity contribution in [2.45, 2.75) is 0 Å². The van der Waals surface area contributed by atoms with Crippen LogP contribution in [0.15, 0.2) is 12.1 Å². The van der Waals surface area contributed by atoms with Crippen molar-refractivity contribution >= 4 is 16.8 Å². The quantitative estimate of drug-likeness (QED) is 0.695. The van der Waals surface area contributed by atoms with Gasteiger partial charge in [0.25, 0.3) is 5.24 Å². The molecule has 0 fully saturated rings. The molecule has 0 aromatic heterocycles. The van der Waals surface area contributed by atoms with Crippen LogP contribution in [0.1, 0.15) is 10.4 Å². The van der Waals surface area contributed by atoms with Gasteiger partial charge in [-0.15, -0.1) is 0 Å². The second-order valence-electron chi connectivity index (χ2n) is 2.25. The van der Waals surface area contributed by atoms with E-state index in [9.17, 15) is 13.6 Å². The zero-order valence-electron chi connectivity index (χ0n) is 6.61. The highest BCUT2D eigenvalue weighted by Crippen LogP contribution is 2.22. The van der Waals surface area contributed by atoms with Gasteiger partial charge in [-0.25, -0.2) is 4.39 Å². The molecule has 0 N–H and O–H groups in total. The Hall–Kier alpha value is -1.16. The molecule has 0 saturated heterocycles. The number of carbonyl (C=O) groups is 1. The van der Waals surface area contributed by atoms with Crippen molar-refractivity contribution in [3.05, 3.63) is 29.3 Å². The molecule has 0 bridgehead atoms. The van der Waals surface area contributed by atoms with E-state index >= 15 is 0 Å². The van der Waals surface area contributed by atoms with Crippen molar-refractivity contribution in [2.75, 3.05) is 7.11 Å². The molecule has 0 unspecified atom stereocenters. The standard InChI is InChI=1S/C8H5ClF2O2/c1-13-6-3-4(8(9)12)2-5(10)7(6)11/h2-3H,1H3. The first-order valence-electron chi connectivity index (χ1n) is 3.29. The molecule has 5 heteroatoms. The van der Waals surface area contributed by atoms with Crippen molar-refractivity contribution < 1.29 is 18.3 Å². The summed E-state index contributed by atoms with van der Waals surface area (Å²) in [4.78, 5) is 10.6. The molecule has 1 rings (SSSR count). The summed E-state index contributed by atoms with van der Waals surface area (Å²) in [5.74, 6) is -2.64. The summed E-state index contributed by atoms with van der Waals surface area (Å²) < 4.78 is 30.0. The lowest BCUT2D eigenvalue weighted by Crippen LogP contribution is -1.97. The Morgan fingerprint density at radius 3 is 2.54 bits per heavy atom. The maximum absolute atomic E-state index is 12.8. The van der Waals surface area contributed by atoms with Gasteiger partial charge in [0.05, 0.1) is 7.11 Å². The van der Waals surface area contributed by atoms with Crippen molar-refractivity contribution in [3.63, 3.8) is 0 Å². The lowest BCUT2D eigenvalue weighted by Gasteiger charge is -2.03. The molecule has 0 spiro atoms. The number of halogens is 3. The van der Waals surface area contributed by atoms with E-state index in [1.807, 2.05) is 0 Å². The molecule has 13 heavy (non-hydrogen) atoms. The van der Waals surface area contributed by atoms with Crippen LogP contribution in [-0.4, -0.2) is 12.4 Å². The lowest BCUT2D eigenvalue weighted by molar-refractivity contribution is 0.108. The number of rotatable bonds is 2. The molecule has 0 aliphatic rings. The summed E-state index contributed by atoms with van der Waals surface area (Å²) in [5.41, 5.74) is -0.141. The molecule has 70 valence electrons. The van der Waals surface area contributed by atoms with E-state index in [0.717, 1.165) is 6.07 Å². The van der Waals surface area contributed by atoms with Gasteiger partial charge in [0.1, 0.15) is 0 Å². The molecular weight excluding hydrogens is 202 g/mol. The van der Waals surface area contributed by atoms with E-state index in [2.05, 4.69) is 4.74 Å². The van der Waals surface area contributed by atoms with Crippen LogP contribution in [0, 0.1) is 11.6 Å².